The van der Waals surface area contributed by atoms with Crippen molar-refractivity contribution >= 4 is 11.8 Å². The van der Waals surface area contributed by atoms with Crippen molar-refractivity contribution in [3.63, 3.8) is 0 Å². The fourth-order valence-electron chi connectivity index (χ4n) is 1.53. The van der Waals surface area contributed by atoms with E-state index in [4.69, 9.17) is 4.74 Å². The van der Waals surface area contributed by atoms with Crippen molar-refractivity contribution in [2.75, 3.05) is 13.2 Å². The lowest BCUT2D eigenvalue weighted by atomic mass is 10.0. The molecule has 0 spiro atoms. The van der Waals surface area contributed by atoms with Gasteiger partial charge in [0, 0.05) is 6.54 Å². The third kappa shape index (κ3) is 2.72. The fraction of sp³-hybridized carbons (Fsp3) is 0.500. The molecule has 0 aromatic rings. The Morgan fingerprint density at radius 3 is 2.88 bits per heavy atom. The molecule has 1 saturated heterocycles. The van der Waals surface area contributed by atoms with Crippen LogP contribution in [0.25, 0.3) is 0 Å². The van der Waals surface area contributed by atoms with E-state index < -0.39 is 0 Å². The first-order valence-corrected chi connectivity index (χ1v) is 5.44. The lowest BCUT2D eigenvalue weighted by Gasteiger charge is -2.22. The van der Waals surface area contributed by atoms with Crippen molar-refractivity contribution in [1.82, 2.24) is 5.32 Å². The third-order valence-corrected chi connectivity index (χ3v) is 2.25. The summed E-state index contributed by atoms with van der Waals surface area (Å²) in [7, 11) is 0. The van der Waals surface area contributed by atoms with Gasteiger partial charge in [-0.15, -0.1) is 0 Å². The molecular formula is C12H18N2O2. The molecule has 4 heteroatoms. The summed E-state index contributed by atoms with van der Waals surface area (Å²) in [6, 6.07) is 0. The molecule has 1 fully saturated rings. The number of hydrogen-bond donors (Lipinski definition) is 1. The number of ether oxygens (including phenoxy) is 1. The molecule has 0 radical (unpaired) electrons. The Labute approximate surface area is 96.1 Å². The highest BCUT2D eigenvalue weighted by Crippen LogP contribution is 2.18. The fourth-order valence-corrected chi connectivity index (χ4v) is 1.53. The number of rotatable bonds is 3. The number of nitrogens with zero attached hydrogens (tertiary/aromatic N) is 1. The summed E-state index contributed by atoms with van der Waals surface area (Å²) in [4.78, 5) is 15.5. The molecular weight excluding hydrogens is 204 g/mol. The number of aliphatic imine (C=N–C) groups is 1. The number of morpholine rings is 1. The predicted octanol–water partition coefficient (Wildman–Crippen LogP) is 1.65. The van der Waals surface area contributed by atoms with Gasteiger partial charge in [0.1, 0.15) is 5.70 Å². The lowest BCUT2D eigenvalue weighted by Crippen LogP contribution is -2.39. The first-order chi connectivity index (χ1) is 7.60. The minimum absolute atomic E-state index is 0.0326. The molecule has 0 saturated carbocycles. The standard InChI is InChI=1S/C12H18N2O2/c1-5-9(8(3)4)11-12(13-6-2)16-7-10(15)14-11/h5,8H,1,6-7H2,2-4H3,(H,14,15)/b11-9-,13-12+. The van der Waals surface area contributed by atoms with Crippen molar-refractivity contribution in [2.24, 2.45) is 10.9 Å². The quantitative estimate of drug-likeness (QED) is 0.789. The minimum atomic E-state index is -0.148. The van der Waals surface area contributed by atoms with Gasteiger partial charge in [0.25, 0.3) is 5.91 Å². The number of carbonyl (C=O) groups is 1. The maximum absolute atomic E-state index is 11.3. The molecule has 0 unspecified atom stereocenters. The van der Waals surface area contributed by atoms with Crippen LogP contribution in [-0.2, 0) is 9.53 Å². The average Bonchev–Trinajstić information content (AvgIpc) is 2.22. The number of amides is 1. The Bertz CT molecular complexity index is 354. The molecule has 0 atom stereocenters. The zero-order chi connectivity index (χ0) is 12.1. The van der Waals surface area contributed by atoms with Crippen molar-refractivity contribution < 1.29 is 9.53 Å². The van der Waals surface area contributed by atoms with Crippen molar-refractivity contribution in [2.45, 2.75) is 20.8 Å². The zero-order valence-corrected chi connectivity index (χ0v) is 10.0. The molecule has 0 aromatic heterocycles. The monoisotopic (exact) mass is 222 g/mol. The smallest absolute Gasteiger partial charge is 0.262 e. The van der Waals surface area contributed by atoms with Crippen LogP contribution in [0.15, 0.2) is 28.9 Å². The maximum Gasteiger partial charge on any atom is 0.262 e. The average molecular weight is 222 g/mol. The van der Waals surface area contributed by atoms with E-state index in [0.29, 0.717) is 18.1 Å². The van der Waals surface area contributed by atoms with E-state index in [9.17, 15) is 4.79 Å². The predicted molar refractivity (Wildman–Crippen MR) is 64.1 cm³/mol. The van der Waals surface area contributed by atoms with E-state index in [1.165, 1.54) is 0 Å². The van der Waals surface area contributed by atoms with Crippen LogP contribution >= 0.6 is 0 Å². The van der Waals surface area contributed by atoms with Gasteiger partial charge in [0.2, 0.25) is 5.90 Å². The summed E-state index contributed by atoms with van der Waals surface area (Å²) in [5.41, 5.74) is 1.60. The van der Waals surface area contributed by atoms with Gasteiger partial charge in [0.15, 0.2) is 6.61 Å². The molecule has 1 N–H and O–H groups in total. The Balaban J connectivity index is 3.16. The Morgan fingerprint density at radius 1 is 1.69 bits per heavy atom. The van der Waals surface area contributed by atoms with Gasteiger partial charge >= 0.3 is 0 Å². The van der Waals surface area contributed by atoms with Crippen LogP contribution in [-0.4, -0.2) is 25.0 Å². The summed E-state index contributed by atoms with van der Waals surface area (Å²) in [5, 5.41) is 2.80. The van der Waals surface area contributed by atoms with Crippen molar-refractivity contribution in [3.8, 4) is 0 Å². The van der Waals surface area contributed by atoms with Gasteiger partial charge < -0.3 is 10.1 Å². The van der Waals surface area contributed by atoms with Crippen molar-refractivity contribution in [1.29, 1.82) is 0 Å². The maximum atomic E-state index is 11.3. The van der Waals surface area contributed by atoms with Crippen LogP contribution in [0.3, 0.4) is 0 Å². The molecule has 1 aliphatic heterocycles. The summed E-state index contributed by atoms with van der Waals surface area (Å²) in [6.45, 7) is 10.4. The van der Waals surface area contributed by atoms with Gasteiger partial charge in [-0.25, -0.2) is 0 Å². The molecule has 1 aliphatic rings. The van der Waals surface area contributed by atoms with Crippen LogP contribution in [0.2, 0.25) is 0 Å². The molecule has 1 heterocycles. The van der Waals surface area contributed by atoms with E-state index in [1.54, 1.807) is 6.08 Å². The molecule has 0 aromatic carbocycles. The highest BCUT2D eigenvalue weighted by molar-refractivity contribution is 6.02. The van der Waals surface area contributed by atoms with Gasteiger partial charge in [-0.2, -0.15) is 0 Å². The van der Waals surface area contributed by atoms with Crippen LogP contribution in [0.4, 0.5) is 0 Å². The highest BCUT2D eigenvalue weighted by atomic mass is 16.5. The van der Waals surface area contributed by atoms with E-state index in [0.717, 1.165) is 5.57 Å². The molecule has 0 aliphatic carbocycles. The lowest BCUT2D eigenvalue weighted by molar-refractivity contribution is -0.123. The number of carbonyl (C=O) groups excluding carboxylic acids is 1. The second-order valence-electron chi connectivity index (χ2n) is 3.81. The number of allylic oxidation sites excluding steroid dienone is 2. The highest BCUT2D eigenvalue weighted by Gasteiger charge is 2.23. The second-order valence-corrected chi connectivity index (χ2v) is 3.81. The van der Waals surface area contributed by atoms with Crippen LogP contribution < -0.4 is 5.32 Å². The van der Waals surface area contributed by atoms with Gasteiger partial charge in [-0.1, -0.05) is 26.5 Å². The third-order valence-electron chi connectivity index (χ3n) is 2.25. The number of hydrogen-bond acceptors (Lipinski definition) is 3. The Hall–Kier alpha value is -1.58. The SMILES string of the molecule is C=C/C(=C1/NC(=O)CO/C1=N/CC)C(C)C. The molecule has 0 bridgehead atoms. The van der Waals surface area contributed by atoms with Crippen LogP contribution in [0, 0.1) is 5.92 Å². The first kappa shape index (κ1) is 12.5. The molecule has 88 valence electrons. The first-order valence-electron chi connectivity index (χ1n) is 5.44. The zero-order valence-electron chi connectivity index (χ0n) is 10.0. The minimum Gasteiger partial charge on any atom is -0.466 e. The van der Waals surface area contributed by atoms with E-state index >= 15 is 0 Å². The van der Waals surface area contributed by atoms with Crippen LogP contribution in [0.1, 0.15) is 20.8 Å². The Morgan fingerprint density at radius 2 is 2.38 bits per heavy atom. The molecule has 1 amide bonds. The van der Waals surface area contributed by atoms with E-state index in [2.05, 4.69) is 16.9 Å². The van der Waals surface area contributed by atoms with Gasteiger partial charge in [-0.3, -0.25) is 9.79 Å². The summed E-state index contributed by atoms with van der Waals surface area (Å²) in [5.74, 6) is 0.618. The molecule has 16 heavy (non-hydrogen) atoms. The summed E-state index contributed by atoms with van der Waals surface area (Å²) < 4.78 is 5.31. The van der Waals surface area contributed by atoms with Crippen LogP contribution in [0.5, 0.6) is 0 Å². The van der Waals surface area contributed by atoms with Gasteiger partial charge in [-0.05, 0) is 18.4 Å². The van der Waals surface area contributed by atoms with E-state index in [1.807, 2.05) is 20.8 Å². The van der Waals surface area contributed by atoms with E-state index in [-0.39, 0.29) is 18.4 Å². The molecule has 1 rings (SSSR count). The summed E-state index contributed by atoms with van der Waals surface area (Å²) in [6.07, 6.45) is 1.74. The molecule has 4 nitrogen and oxygen atoms in total. The topological polar surface area (TPSA) is 50.7 Å². The van der Waals surface area contributed by atoms with Gasteiger partial charge in [0.05, 0.1) is 0 Å². The van der Waals surface area contributed by atoms with Crippen molar-refractivity contribution in [3.05, 3.63) is 23.9 Å². The number of nitrogens with one attached hydrogen (secondary N) is 1. The normalized spacial score (nSPS) is 21.8. The second kappa shape index (κ2) is 5.49. The summed E-state index contributed by atoms with van der Waals surface area (Å²) >= 11 is 0. The largest absolute Gasteiger partial charge is 0.466 e. The Kier molecular flexibility index (Phi) is 4.28.